The highest BCUT2D eigenvalue weighted by atomic mass is 16.6. The molecule has 0 aromatic heterocycles. The average Bonchev–Trinajstić information content (AvgIpc) is 2.87. The van der Waals surface area contributed by atoms with Crippen molar-refractivity contribution in [2.45, 2.75) is 45.4 Å². The summed E-state index contributed by atoms with van der Waals surface area (Å²) in [7, 11) is 1.75. The van der Waals surface area contributed by atoms with Crippen LogP contribution in [0, 0.1) is 11.8 Å². The van der Waals surface area contributed by atoms with Crippen molar-refractivity contribution in [2.75, 3.05) is 7.05 Å². The van der Waals surface area contributed by atoms with E-state index in [1.807, 2.05) is 119 Å². The molecule has 0 aliphatic carbocycles. The molecule has 0 unspecified atom stereocenters. The van der Waals surface area contributed by atoms with E-state index in [0.29, 0.717) is 0 Å². The van der Waals surface area contributed by atoms with Gasteiger partial charge in [0, 0.05) is 16.7 Å². The van der Waals surface area contributed by atoms with Gasteiger partial charge in [-0.05, 0) is 18.9 Å². The first-order valence-corrected chi connectivity index (χ1v) is 12.2. The lowest BCUT2D eigenvalue weighted by Gasteiger charge is -2.37. The van der Waals surface area contributed by atoms with Gasteiger partial charge in [-0.3, -0.25) is 4.79 Å². The summed E-state index contributed by atoms with van der Waals surface area (Å²) in [6.07, 6.45) is 0. The standard InChI is InChI=1S/C30H36N2O3/c1-21(2)26(31-5)28(33)32-27(22(3)4)29(34)35-30(23-15-9-6-10-16-23,24-17-11-7-12-18-24)25-19-13-8-14-20-25/h6-22,26-27,31H,1-5H3,(H,32,33)/t26-,27+/m0/s1. The van der Waals surface area contributed by atoms with Crippen molar-refractivity contribution in [1.82, 2.24) is 10.6 Å². The molecule has 35 heavy (non-hydrogen) atoms. The minimum Gasteiger partial charge on any atom is -0.443 e. The van der Waals surface area contributed by atoms with Crippen LogP contribution in [0.15, 0.2) is 91.0 Å². The summed E-state index contributed by atoms with van der Waals surface area (Å²) in [5, 5.41) is 6.00. The van der Waals surface area contributed by atoms with E-state index in [9.17, 15) is 9.59 Å². The van der Waals surface area contributed by atoms with Crippen LogP contribution in [0.3, 0.4) is 0 Å². The van der Waals surface area contributed by atoms with Crippen molar-refractivity contribution >= 4 is 11.9 Å². The second-order valence-corrected chi connectivity index (χ2v) is 9.44. The number of ether oxygens (including phenoxy) is 1. The molecule has 1 amide bonds. The van der Waals surface area contributed by atoms with Crippen LogP contribution in [0.2, 0.25) is 0 Å². The fourth-order valence-corrected chi connectivity index (χ4v) is 4.42. The van der Waals surface area contributed by atoms with E-state index in [1.54, 1.807) is 7.05 Å². The minimum absolute atomic E-state index is 0.0703. The summed E-state index contributed by atoms with van der Waals surface area (Å²) in [4.78, 5) is 26.9. The molecule has 0 aliphatic rings. The second-order valence-electron chi connectivity index (χ2n) is 9.44. The molecule has 0 aliphatic heterocycles. The van der Waals surface area contributed by atoms with Crippen LogP contribution in [-0.4, -0.2) is 31.0 Å². The van der Waals surface area contributed by atoms with Crippen molar-refractivity contribution in [1.29, 1.82) is 0 Å². The first-order chi connectivity index (χ1) is 16.8. The Morgan fingerprint density at radius 1 is 0.657 bits per heavy atom. The zero-order valence-corrected chi connectivity index (χ0v) is 21.2. The first-order valence-electron chi connectivity index (χ1n) is 12.2. The van der Waals surface area contributed by atoms with Gasteiger partial charge in [0.05, 0.1) is 6.04 Å². The van der Waals surface area contributed by atoms with Gasteiger partial charge in [0.1, 0.15) is 6.04 Å². The van der Waals surface area contributed by atoms with E-state index in [-0.39, 0.29) is 17.7 Å². The van der Waals surface area contributed by atoms with Crippen LogP contribution in [-0.2, 0) is 19.9 Å². The van der Waals surface area contributed by atoms with Gasteiger partial charge in [-0.1, -0.05) is 119 Å². The number of rotatable bonds is 10. The molecule has 0 spiro atoms. The zero-order valence-electron chi connectivity index (χ0n) is 21.2. The topological polar surface area (TPSA) is 67.4 Å². The smallest absolute Gasteiger partial charge is 0.330 e. The van der Waals surface area contributed by atoms with E-state index >= 15 is 0 Å². The molecule has 0 radical (unpaired) electrons. The summed E-state index contributed by atoms with van der Waals surface area (Å²) < 4.78 is 6.52. The van der Waals surface area contributed by atoms with E-state index in [1.165, 1.54) is 0 Å². The molecular weight excluding hydrogens is 436 g/mol. The molecule has 3 aromatic rings. The maximum atomic E-state index is 13.9. The molecule has 3 rings (SSSR count). The number of hydrogen-bond donors (Lipinski definition) is 2. The van der Waals surface area contributed by atoms with Crippen LogP contribution >= 0.6 is 0 Å². The fourth-order valence-electron chi connectivity index (χ4n) is 4.42. The summed E-state index contributed by atoms with van der Waals surface area (Å²) in [6, 6.07) is 28.0. The van der Waals surface area contributed by atoms with Crippen LogP contribution in [0.5, 0.6) is 0 Å². The highest BCUT2D eigenvalue weighted by Crippen LogP contribution is 2.41. The number of carbonyl (C=O) groups excluding carboxylic acids is 2. The van der Waals surface area contributed by atoms with Crippen molar-refractivity contribution in [3.05, 3.63) is 108 Å². The van der Waals surface area contributed by atoms with Crippen molar-refractivity contribution in [3.63, 3.8) is 0 Å². The van der Waals surface area contributed by atoms with Crippen LogP contribution < -0.4 is 10.6 Å². The Labute approximate surface area is 208 Å². The van der Waals surface area contributed by atoms with Crippen molar-refractivity contribution in [3.8, 4) is 0 Å². The zero-order chi connectivity index (χ0) is 25.4. The summed E-state index contributed by atoms with van der Waals surface area (Å²) in [5.74, 6) is -0.802. The highest BCUT2D eigenvalue weighted by molar-refractivity contribution is 5.88. The lowest BCUT2D eigenvalue weighted by Crippen LogP contribution is -2.54. The van der Waals surface area contributed by atoms with E-state index in [0.717, 1.165) is 16.7 Å². The molecule has 5 nitrogen and oxygen atoms in total. The third-order valence-corrected chi connectivity index (χ3v) is 6.27. The maximum Gasteiger partial charge on any atom is 0.330 e. The molecular formula is C30H36N2O3. The molecule has 3 aromatic carbocycles. The number of benzene rings is 3. The Kier molecular flexibility index (Phi) is 8.83. The number of amides is 1. The molecule has 0 bridgehead atoms. The van der Waals surface area contributed by atoms with Crippen molar-refractivity contribution < 1.29 is 14.3 Å². The predicted molar refractivity (Wildman–Crippen MR) is 140 cm³/mol. The largest absolute Gasteiger partial charge is 0.443 e. The number of carbonyl (C=O) groups is 2. The number of likely N-dealkylation sites (N-methyl/N-ethyl adjacent to an activating group) is 1. The molecule has 0 fully saturated rings. The molecule has 2 N–H and O–H groups in total. The average molecular weight is 473 g/mol. The van der Waals surface area contributed by atoms with Gasteiger partial charge in [0.15, 0.2) is 5.60 Å². The van der Waals surface area contributed by atoms with Gasteiger partial charge in [0.2, 0.25) is 5.91 Å². The molecule has 0 saturated carbocycles. The minimum atomic E-state index is -1.18. The second kappa shape index (κ2) is 11.8. The van der Waals surface area contributed by atoms with E-state index in [4.69, 9.17) is 4.74 Å². The third kappa shape index (κ3) is 5.80. The highest BCUT2D eigenvalue weighted by Gasteiger charge is 2.43. The number of nitrogens with one attached hydrogen (secondary N) is 2. The summed E-state index contributed by atoms with van der Waals surface area (Å²) >= 11 is 0. The number of hydrogen-bond acceptors (Lipinski definition) is 4. The SMILES string of the molecule is CN[C@H](C(=O)N[C@@H](C(=O)OC(c1ccccc1)(c1ccccc1)c1ccccc1)C(C)C)C(C)C. The Morgan fingerprint density at radius 3 is 1.34 bits per heavy atom. The maximum absolute atomic E-state index is 13.9. The fraction of sp³-hybridized carbons (Fsp3) is 0.333. The van der Waals surface area contributed by atoms with Gasteiger partial charge < -0.3 is 15.4 Å². The van der Waals surface area contributed by atoms with Gasteiger partial charge in [-0.2, -0.15) is 0 Å². The third-order valence-electron chi connectivity index (χ3n) is 6.27. The first kappa shape index (κ1) is 26.2. The normalized spacial score (nSPS) is 13.3. The van der Waals surface area contributed by atoms with E-state index in [2.05, 4.69) is 10.6 Å². The molecule has 5 heteroatoms. The van der Waals surface area contributed by atoms with Crippen LogP contribution in [0.25, 0.3) is 0 Å². The Balaban J connectivity index is 2.10. The van der Waals surface area contributed by atoms with Gasteiger partial charge in [-0.25, -0.2) is 4.79 Å². The van der Waals surface area contributed by atoms with Gasteiger partial charge in [0.25, 0.3) is 0 Å². The lowest BCUT2D eigenvalue weighted by molar-refractivity contribution is -0.159. The molecule has 184 valence electrons. The molecule has 2 atom stereocenters. The van der Waals surface area contributed by atoms with Crippen LogP contribution in [0.4, 0.5) is 0 Å². The lowest BCUT2D eigenvalue weighted by atomic mass is 9.80. The summed E-state index contributed by atoms with van der Waals surface area (Å²) in [6.45, 7) is 7.75. The van der Waals surface area contributed by atoms with Gasteiger partial charge >= 0.3 is 5.97 Å². The molecule has 0 heterocycles. The Bertz CT molecular complexity index is 986. The number of esters is 1. The van der Waals surface area contributed by atoms with Crippen LogP contribution in [0.1, 0.15) is 44.4 Å². The monoisotopic (exact) mass is 472 g/mol. The van der Waals surface area contributed by atoms with Gasteiger partial charge in [-0.15, -0.1) is 0 Å². The predicted octanol–water partition coefficient (Wildman–Crippen LogP) is 4.91. The van der Waals surface area contributed by atoms with E-state index < -0.39 is 23.7 Å². The Morgan fingerprint density at radius 2 is 1.03 bits per heavy atom. The quantitative estimate of drug-likeness (QED) is 0.325. The summed E-state index contributed by atoms with van der Waals surface area (Å²) in [5.41, 5.74) is 1.30. The molecule has 0 saturated heterocycles. The Hall–Kier alpha value is -3.44. The van der Waals surface area contributed by atoms with Crippen molar-refractivity contribution in [2.24, 2.45) is 11.8 Å².